The average Bonchev–Trinajstić information content (AvgIpc) is 2.46. The molecule has 0 saturated carbocycles. The highest BCUT2D eigenvalue weighted by Crippen LogP contribution is 2.36. The van der Waals surface area contributed by atoms with Gasteiger partial charge < -0.3 is 14.6 Å². The molecule has 0 unspecified atom stereocenters. The maximum absolute atomic E-state index is 11.5. The quantitative estimate of drug-likeness (QED) is 0.553. The van der Waals surface area contributed by atoms with E-state index in [0.29, 0.717) is 11.1 Å². The van der Waals surface area contributed by atoms with Crippen molar-refractivity contribution in [1.82, 2.24) is 0 Å². The number of benzene rings is 2. The third kappa shape index (κ3) is 2.54. The number of nitrogens with zero attached hydrogens (tertiary/aromatic N) is 2. The first-order chi connectivity index (χ1) is 10.5. The number of aryl methyl sites for hydroxylation is 1. The summed E-state index contributed by atoms with van der Waals surface area (Å²) in [5.74, 6) is -0.0916. The van der Waals surface area contributed by atoms with Crippen LogP contribution in [0.15, 0.2) is 61.9 Å². The molecule has 3 aromatic rings. The third-order valence-electron chi connectivity index (χ3n) is 3.17. The fourth-order valence-electron chi connectivity index (χ4n) is 2.12. The Bertz CT molecular complexity index is 945. The third-order valence-corrected chi connectivity index (χ3v) is 3.17. The molecule has 0 aliphatic rings. The van der Waals surface area contributed by atoms with E-state index in [9.17, 15) is 15.0 Å². The van der Waals surface area contributed by atoms with Crippen LogP contribution in [0.3, 0.4) is 0 Å². The van der Waals surface area contributed by atoms with Crippen LogP contribution in [0.25, 0.3) is 11.0 Å². The monoisotopic (exact) mass is 296 g/mol. The smallest absolute Gasteiger partial charge is 0.336 e. The van der Waals surface area contributed by atoms with E-state index in [1.807, 2.05) is 0 Å². The van der Waals surface area contributed by atoms with E-state index in [1.165, 1.54) is 24.3 Å². The molecular weight excluding hydrogens is 284 g/mol. The van der Waals surface area contributed by atoms with Crippen LogP contribution in [0.4, 0.5) is 11.4 Å². The van der Waals surface area contributed by atoms with Crippen molar-refractivity contribution in [1.29, 1.82) is 0 Å². The van der Waals surface area contributed by atoms with Gasteiger partial charge in [-0.2, -0.15) is 5.11 Å². The van der Waals surface area contributed by atoms with Crippen molar-refractivity contribution in [3.8, 4) is 11.5 Å². The Hall–Kier alpha value is -3.15. The van der Waals surface area contributed by atoms with E-state index in [4.69, 9.17) is 4.42 Å². The van der Waals surface area contributed by atoms with Gasteiger partial charge in [-0.3, -0.25) is 0 Å². The molecule has 0 radical (unpaired) electrons. The molecule has 6 nitrogen and oxygen atoms in total. The van der Waals surface area contributed by atoms with Crippen molar-refractivity contribution in [2.45, 2.75) is 6.92 Å². The van der Waals surface area contributed by atoms with E-state index in [0.717, 1.165) is 5.56 Å². The van der Waals surface area contributed by atoms with Crippen LogP contribution in [0.2, 0.25) is 0 Å². The Morgan fingerprint density at radius 1 is 1.05 bits per heavy atom. The van der Waals surface area contributed by atoms with Crippen LogP contribution in [0.5, 0.6) is 11.5 Å². The van der Waals surface area contributed by atoms with Gasteiger partial charge in [-0.05, 0) is 36.8 Å². The van der Waals surface area contributed by atoms with E-state index < -0.39 is 5.63 Å². The minimum Gasteiger partial charge on any atom is -0.508 e. The Balaban J connectivity index is 2.18. The predicted molar refractivity (Wildman–Crippen MR) is 81.2 cm³/mol. The number of phenolic OH excluding ortho intramolecular Hbond substituents is 2. The highest BCUT2D eigenvalue weighted by atomic mass is 16.4. The van der Waals surface area contributed by atoms with Gasteiger partial charge in [0.1, 0.15) is 11.5 Å². The number of aromatic hydroxyl groups is 2. The number of rotatable bonds is 2. The summed E-state index contributed by atoms with van der Waals surface area (Å²) < 4.78 is 5.15. The molecule has 0 amide bonds. The summed E-state index contributed by atoms with van der Waals surface area (Å²) in [5, 5.41) is 27.9. The van der Waals surface area contributed by atoms with Crippen LogP contribution in [0.1, 0.15) is 5.56 Å². The Morgan fingerprint density at radius 3 is 2.64 bits per heavy atom. The van der Waals surface area contributed by atoms with Gasteiger partial charge in [-0.25, -0.2) is 4.79 Å². The lowest BCUT2D eigenvalue weighted by Crippen LogP contribution is -1.97. The van der Waals surface area contributed by atoms with E-state index >= 15 is 0 Å². The number of azo groups is 1. The summed E-state index contributed by atoms with van der Waals surface area (Å²) in [7, 11) is 0. The summed E-state index contributed by atoms with van der Waals surface area (Å²) in [6.45, 7) is 1.77. The maximum atomic E-state index is 11.5. The van der Waals surface area contributed by atoms with E-state index in [1.54, 1.807) is 25.1 Å². The summed E-state index contributed by atoms with van der Waals surface area (Å²) in [4.78, 5) is 11.5. The minimum atomic E-state index is -0.524. The van der Waals surface area contributed by atoms with Gasteiger partial charge in [-0.1, -0.05) is 6.07 Å². The van der Waals surface area contributed by atoms with Gasteiger partial charge in [0.15, 0.2) is 11.3 Å². The Labute approximate surface area is 125 Å². The van der Waals surface area contributed by atoms with Crippen LogP contribution in [-0.2, 0) is 0 Å². The summed E-state index contributed by atoms with van der Waals surface area (Å²) >= 11 is 0. The van der Waals surface area contributed by atoms with Gasteiger partial charge >= 0.3 is 5.63 Å². The Morgan fingerprint density at radius 2 is 1.86 bits per heavy atom. The first-order valence-electron chi connectivity index (χ1n) is 6.52. The summed E-state index contributed by atoms with van der Waals surface area (Å²) in [6.07, 6.45) is 0. The topological polar surface area (TPSA) is 95.4 Å². The molecule has 0 saturated heterocycles. The zero-order chi connectivity index (χ0) is 15.7. The van der Waals surface area contributed by atoms with Gasteiger partial charge in [0, 0.05) is 17.5 Å². The van der Waals surface area contributed by atoms with Gasteiger partial charge in [0.25, 0.3) is 0 Å². The molecule has 0 bridgehead atoms. The second-order valence-electron chi connectivity index (χ2n) is 4.78. The van der Waals surface area contributed by atoms with Crippen LogP contribution in [0, 0.1) is 6.92 Å². The average molecular weight is 296 g/mol. The summed E-state index contributed by atoms with van der Waals surface area (Å²) in [6, 6.07) is 10.7. The van der Waals surface area contributed by atoms with Crippen LogP contribution >= 0.6 is 0 Å². The largest absolute Gasteiger partial charge is 0.508 e. The molecule has 0 aliphatic heterocycles. The molecule has 0 fully saturated rings. The second-order valence-corrected chi connectivity index (χ2v) is 4.78. The highest BCUT2D eigenvalue weighted by Gasteiger charge is 2.11. The maximum Gasteiger partial charge on any atom is 0.336 e. The minimum absolute atomic E-state index is 0.0565. The molecule has 3 rings (SSSR count). The van der Waals surface area contributed by atoms with Gasteiger partial charge in [0.05, 0.1) is 5.69 Å². The number of hydrogen-bond donors (Lipinski definition) is 2. The first kappa shape index (κ1) is 13.8. The van der Waals surface area contributed by atoms with Crippen molar-refractivity contribution in [2.75, 3.05) is 0 Å². The van der Waals surface area contributed by atoms with Crippen molar-refractivity contribution in [3.63, 3.8) is 0 Å². The molecule has 2 N–H and O–H groups in total. The van der Waals surface area contributed by atoms with Crippen molar-refractivity contribution in [3.05, 3.63) is 58.4 Å². The fourth-order valence-corrected chi connectivity index (χ4v) is 2.12. The lowest BCUT2D eigenvalue weighted by Gasteiger charge is -2.04. The highest BCUT2D eigenvalue weighted by molar-refractivity contribution is 5.92. The second kappa shape index (κ2) is 5.33. The fraction of sp³-hybridized carbons (Fsp3) is 0.0625. The molecule has 0 spiro atoms. The number of fused-ring (bicyclic) bond motifs is 1. The summed E-state index contributed by atoms with van der Waals surface area (Å²) in [5.41, 5.74) is 0.853. The Kier molecular flexibility index (Phi) is 3.34. The van der Waals surface area contributed by atoms with Crippen LogP contribution in [-0.4, -0.2) is 10.2 Å². The van der Waals surface area contributed by atoms with Crippen molar-refractivity contribution >= 4 is 22.3 Å². The molecule has 110 valence electrons. The normalized spacial score (nSPS) is 11.3. The van der Waals surface area contributed by atoms with Gasteiger partial charge in [0.2, 0.25) is 0 Å². The predicted octanol–water partition coefficient (Wildman–Crippen LogP) is 3.93. The molecule has 6 heteroatoms. The molecule has 1 heterocycles. The van der Waals surface area contributed by atoms with Crippen LogP contribution < -0.4 is 5.63 Å². The molecule has 22 heavy (non-hydrogen) atoms. The van der Waals surface area contributed by atoms with Crippen molar-refractivity contribution in [2.24, 2.45) is 10.2 Å². The number of phenols is 2. The lowest BCUT2D eigenvalue weighted by molar-refractivity contribution is 0.474. The number of hydrogen-bond acceptors (Lipinski definition) is 6. The standard InChI is InChI=1S/C16H12N2O4/c1-9-7-14(21)22-16-12(9)5-6-13(20)15(16)18-17-10-3-2-4-11(19)8-10/h2-8,19-20H,1H3. The van der Waals surface area contributed by atoms with E-state index in [-0.39, 0.29) is 22.8 Å². The molecule has 1 aromatic heterocycles. The van der Waals surface area contributed by atoms with E-state index in [2.05, 4.69) is 10.2 Å². The zero-order valence-corrected chi connectivity index (χ0v) is 11.6. The van der Waals surface area contributed by atoms with Gasteiger partial charge in [-0.15, -0.1) is 5.11 Å². The molecule has 2 aromatic carbocycles. The SMILES string of the molecule is Cc1cc(=O)oc2c(N=Nc3cccc(O)c3)c(O)ccc12. The molecule has 0 aliphatic carbocycles. The van der Waals surface area contributed by atoms with Crippen molar-refractivity contribution < 1.29 is 14.6 Å². The first-order valence-corrected chi connectivity index (χ1v) is 6.52. The lowest BCUT2D eigenvalue weighted by atomic mass is 10.1. The molecule has 0 atom stereocenters. The zero-order valence-electron chi connectivity index (χ0n) is 11.6. The molecular formula is C16H12N2O4.